The molecular formula is C24H31N7S. The summed E-state index contributed by atoms with van der Waals surface area (Å²) in [7, 11) is 4.12. The van der Waals surface area contributed by atoms with Crippen LogP contribution in [0.5, 0.6) is 0 Å². The zero-order valence-electron chi connectivity index (χ0n) is 18.8. The Labute approximate surface area is 195 Å². The molecule has 8 heteroatoms. The predicted molar refractivity (Wildman–Crippen MR) is 133 cm³/mol. The van der Waals surface area contributed by atoms with Gasteiger partial charge in [0.25, 0.3) is 0 Å². The lowest BCUT2D eigenvalue weighted by molar-refractivity contribution is 0.387. The molecule has 2 aliphatic carbocycles. The molecule has 2 aliphatic rings. The summed E-state index contributed by atoms with van der Waals surface area (Å²) in [4.78, 5) is 11.8. The van der Waals surface area contributed by atoms with Gasteiger partial charge in [-0.05, 0) is 87.8 Å². The van der Waals surface area contributed by atoms with E-state index < -0.39 is 0 Å². The molecule has 2 aromatic rings. The van der Waals surface area contributed by atoms with Gasteiger partial charge in [-0.1, -0.05) is 0 Å². The number of nitrogens with one attached hydrogen (secondary N) is 3. The molecule has 1 aromatic carbocycles. The number of hydrogen-bond donors (Lipinski definition) is 3. The van der Waals surface area contributed by atoms with E-state index in [1.54, 1.807) is 12.1 Å². The van der Waals surface area contributed by atoms with Crippen LogP contribution in [-0.2, 0) is 12.8 Å². The van der Waals surface area contributed by atoms with Gasteiger partial charge in [-0.3, -0.25) is 0 Å². The van der Waals surface area contributed by atoms with E-state index in [1.807, 2.05) is 12.1 Å². The number of benzene rings is 1. The molecule has 4 rings (SSSR count). The predicted octanol–water partition coefficient (Wildman–Crippen LogP) is 4.00. The van der Waals surface area contributed by atoms with Gasteiger partial charge in [0.1, 0.15) is 5.82 Å². The van der Waals surface area contributed by atoms with Gasteiger partial charge in [0.15, 0.2) is 5.11 Å². The quantitative estimate of drug-likeness (QED) is 0.590. The average molecular weight is 450 g/mol. The second-order valence-electron chi connectivity index (χ2n) is 8.88. The first-order valence-electron chi connectivity index (χ1n) is 11.4. The Morgan fingerprint density at radius 3 is 2.41 bits per heavy atom. The highest BCUT2D eigenvalue weighted by Crippen LogP contribution is 2.29. The number of aryl methyl sites for hydroxylation is 1. The van der Waals surface area contributed by atoms with Crippen molar-refractivity contribution in [3.63, 3.8) is 0 Å². The normalized spacial score (nSPS) is 19.9. The maximum absolute atomic E-state index is 8.91. The van der Waals surface area contributed by atoms with E-state index in [2.05, 4.69) is 41.0 Å². The van der Waals surface area contributed by atoms with Crippen LogP contribution in [0, 0.1) is 11.3 Å². The van der Waals surface area contributed by atoms with Gasteiger partial charge >= 0.3 is 0 Å². The van der Waals surface area contributed by atoms with Crippen molar-refractivity contribution in [1.29, 1.82) is 5.26 Å². The second-order valence-corrected chi connectivity index (χ2v) is 9.29. The lowest BCUT2D eigenvalue weighted by atomic mass is 9.91. The highest BCUT2D eigenvalue weighted by Gasteiger charge is 2.24. The van der Waals surface area contributed by atoms with Gasteiger partial charge in [0, 0.05) is 37.4 Å². The van der Waals surface area contributed by atoms with E-state index in [0.717, 1.165) is 56.0 Å². The molecular weight excluding hydrogens is 418 g/mol. The van der Waals surface area contributed by atoms with Gasteiger partial charge in [0.05, 0.1) is 17.3 Å². The smallest absolute Gasteiger partial charge is 0.225 e. The van der Waals surface area contributed by atoms with E-state index in [1.165, 1.54) is 24.1 Å². The average Bonchev–Trinajstić information content (AvgIpc) is 2.80. The fraction of sp³-hybridized carbons (Fsp3) is 0.500. The molecule has 7 nitrogen and oxygen atoms in total. The highest BCUT2D eigenvalue weighted by molar-refractivity contribution is 7.80. The molecule has 0 radical (unpaired) electrons. The maximum Gasteiger partial charge on any atom is 0.225 e. The molecule has 0 spiro atoms. The van der Waals surface area contributed by atoms with E-state index in [-0.39, 0.29) is 0 Å². The molecule has 0 unspecified atom stereocenters. The van der Waals surface area contributed by atoms with Crippen molar-refractivity contribution in [2.45, 2.75) is 63.5 Å². The summed E-state index contributed by atoms with van der Waals surface area (Å²) in [5.41, 5.74) is 4.06. The van der Waals surface area contributed by atoms with Crippen molar-refractivity contribution in [1.82, 2.24) is 15.3 Å². The molecule has 0 bridgehead atoms. The van der Waals surface area contributed by atoms with Crippen molar-refractivity contribution < 1.29 is 0 Å². The van der Waals surface area contributed by atoms with Gasteiger partial charge < -0.3 is 20.9 Å². The second kappa shape index (κ2) is 10.1. The molecule has 1 saturated carbocycles. The number of rotatable bonds is 5. The largest absolute Gasteiger partial charge is 0.362 e. The zero-order chi connectivity index (χ0) is 22.5. The molecule has 0 amide bonds. The summed E-state index contributed by atoms with van der Waals surface area (Å²) >= 11 is 5.48. The fourth-order valence-electron chi connectivity index (χ4n) is 4.55. The Balaban J connectivity index is 1.29. The third-order valence-corrected chi connectivity index (χ3v) is 6.47. The molecule has 3 N–H and O–H groups in total. The van der Waals surface area contributed by atoms with Crippen LogP contribution < -0.4 is 20.9 Å². The number of anilines is 3. The Bertz CT molecular complexity index is 989. The molecule has 1 aromatic heterocycles. The monoisotopic (exact) mass is 449 g/mol. The van der Waals surface area contributed by atoms with Crippen LogP contribution in [0.25, 0.3) is 0 Å². The van der Waals surface area contributed by atoms with Crippen LogP contribution in [0.3, 0.4) is 0 Å². The summed E-state index contributed by atoms with van der Waals surface area (Å²) in [6, 6.07) is 10.2. The third kappa shape index (κ3) is 5.46. The Hall–Kier alpha value is -2.92. The first-order valence-corrected chi connectivity index (χ1v) is 11.8. The molecule has 32 heavy (non-hydrogen) atoms. The van der Waals surface area contributed by atoms with Gasteiger partial charge in [-0.15, -0.1) is 0 Å². The van der Waals surface area contributed by atoms with Crippen LogP contribution in [0.4, 0.5) is 17.5 Å². The van der Waals surface area contributed by atoms with E-state index in [0.29, 0.717) is 22.8 Å². The maximum atomic E-state index is 8.91. The van der Waals surface area contributed by atoms with Gasteiger partial charge in [-0.2, -0.15) is 10.2 Å². The van der Waals surface area contributed by atoms with Crippen molar-refractivity contribution >= 4 is 34.8 Å². The molecule has 168 valence electrons. The summed E-state index contributed by atoms with van der Waals surface area (Å²) in [6.45, 7) is 0. The van der Waals surface area contributed by atoms with E-state index >= 15 is 0 Å². The summed E-state index contributed by atoms with van der Waals surface area (Å²) in [5, 5.41) is 19.8. The molecule has 1 fully saturated rings. The minimum absolute atomic E-state index is 0.355. The van der Waals surface area contributed by atoms with Gasteiger partial charge in [0.2, 0.25) is 5.95 Å². The van der Waals surface area contributed by atoms with Crippen molar-refractivity contribution in [3.05, 3.63) is 41.1 Å². The number of aromatic nitrogens is 2. The Morgan fingerprint density at radius 1 is 1.03 bits per heavy atom. The number of thiocarbonyl (C=S) groups is 1. The first-order chi connectivity index (χ1) is 15.5. The van der Waals surface area contributed by atoms with Crippen LogP contribution in [0.1, 0.15) is 55.3 Å². The van der Waals surface area contributed by atoms with Crippen molar-refractivity contribution in [2.75, 3.05) is 29.6 Å². The summed E-state index contributed by atoms with van der Waals surface area (Å²) in [5.74, 6) is 1.83. The van der Waals surface area contributed by atoms with Crippen LogP contribution in [0.2, 0.25) is 0 Å². The molecule has 0 saturated heterocycles. The van der Waals surface area contributed by atoms with Crippen molar-refractivity contribution in [2.24, 2.45) is 0 Å². The van der Waals surface area contributed by atoms with Gasteiger partial charge in [-0.25, -0.2) is 4.98 Å². The molecule has 0 atom stereocenters. The third-order valence-electron chi connectivity index (χ3n) is 6.25. The number of fused-ring (bicyclic) bond motifs is 1. The first kappa shape index (κ1) is 22.3. The molecule has 0 aliphatic heterocycles. The van der Waals surface area contributed by atoms with Crippen LogP contribution in [-0.4, -0.2) is 41.3 Å². The number of nitriles is 1. The van der Waals surface area contributed by atoms with Crippen LogP contribution >= 0.6 is 12.2 Å². The summed E-state index contributed by atoms with van der Waals surface area (Å²) in [6.07, 6.45) is 8.75. The lowest BCUT2D eigenvalue weighted by Gasteiger charge is -2.31. The summed E-state index contributed by atoms with van der Waals surface area (Å²) < 4.78 is 0. The standard InChI is InChI=1S/C24H31N7S/c1-31(2)22-20-5-3-4-6-21(20)29-23(30-22)26-17-11-13-19(14-12-17)28-24(32)27-18-9-7-16(15-25)8-10-18/h7-10,17,19H,3-6,11-14H2,1-2H3,(H,26,29,30)(H2,27,28,32). The van der Waals surface area contributed by atoms with E-state index in [4.69, 9.17) is 27.4 Å². The van der Waals surface area contributed by atoms with Crippen LogP contribution in [0.15, 0.2) is 24.3 Å². The Kier molecular flexibility index (Phi) is 7.05. The number of hydrogen-bond acceptors (Lipinski definition) is 6. The highest BCUT2D eigenvalue weighted by atomic mass is 32.1. The topological polar surface area (TPSA) is 88.9 Å². The minimum atomic E-state index is 0.355. The minimum Gasteiger partial charge on any atom is -0.362 e. The fourth-order valence-corrected chi connectivity index (χ4v) is 4.84. The lowest BCUT2D eigenvalue weighted by Crippen LogP contribution is -2.42. The van der Waals surface area contributed by atoms with E-state index in [9.17, 15) is 0 Å². The SMILES string of the molecule is CN(C)c1nc(NC2CCC(NC(=S)Nc3ccc(C#N)cc3)CC2)nc2c1CCCC2. The van der Waals surface area contributed by atoms with Crippen molar-refractivity contribution in [3.8, 4) is 6.07 Å². The number of nitrogens with zero attached hydrogens (tertiary/aromatic N) is 4. The Morgan fingerprint density at radius 2 is 1.72 bits per heavy atom. The zero-order valence-corrected chi connectivity index (χ0v) is 19.6. The molecule has 1 heterocycles.